The molecule has 4 heteroatoms. The van der Waals surface area contributed by atoms with Crippen LogP contribution < -0.4 is 0 Å². The number of carbonyl (C=O) groups excluding carboxylic acids is 1. The molecule has 4 heterocycles. The topological polar surface area (TPSA) is 38.1 Å². The molecule has 0 aliphatic carbocycles. The predicted octanol–water partition coefficient (Wildman–Crippen LogP) is 1.65. The Morgan fingerprint density at radius 2 is 2.35 bits per heavy atom. The monoisotopic (exact) mass is 227 g/mol. The minimum Gasteiger partial charge on any atom is -0.333 e. The average molecular weight is 227 g/mol. The van der Waals surface area contributed by atoms with Gasteiger partial charge in [0.2, 0.25) is 0 Å². The molecule has 0 N–H and O–H groups in total. The summed E-state index contributed by atoms with van der Waals surface area (Å²) in [6.07, 6.45) is 4.04. The van der Waals surface area contributed by atoms with Crippen LogP contribution in [-0.4, -0.2) is 32.9 Å². The second-order valence-corrected chi connectivity index (χ2v) is 4.84. The van der Waals surface area contributed by atoms with Crippen LogP contribution in [0.3, 0.4) is 0 Å². The van der Waals surface area contributed by atoms with Gasteiger partial charge in [0, 0.05) is 19.3 Å². The first-order valence-electron chi connectivity index (χ1n) is 6.10. The maximum absolute atomic E-state index is 12.3. The van der Waals surface area contributed by atoms with Gasteiger partial charge in [-0.15, -0.1) is 0 Å². The molecule has 2 aliphatic rings. The summed E-state index contributed by atoms with van der Waals surface area (Å²) < 4.78 is 2.14. The van der Waals surface area contributed by atoms with Crippen molar-refractivity contribution in [1.29, 1.82) is 0 Å². The molecule has 17 heavy (non-hydrogen) atoms. The Morgan fingerprint density at radius 1 is 1.41 bits per heavy atom. The van der Waals surface area contributed by atoms with Crippen molar-refractivity contribution in [2.75, 3.05) is 6.54 Å². The largest absolute Gasteiger partial charge is 0.333 e. The molecule has 4 nitrogen and oxygen atoms in total. The first-order valence-corrected chi connectivity index (χ1v) is 6.10. The highest BCUT2D eigenvalue weighted by Crippen LogP contribution is 2.30. The molecule has 4 rings (SSSR count). The lowest BCUT2D eigenvalue weighted by Gasteiger charge is -2.31. The number of hydrogen-bond donors (Lipinski definition) is 0. The third-order valence-electron chi connectivity index (χ3n) is 3.92. The number of pyridine rings is 1. The van der Waals surface area contributed by atoms with Crippen molar-refractivity contribution in [2.24, 2.45) is 0 Å². The van der Waals surface area contributed by atoms with E-state index in [1.54, 1.807) is 6.20 Å². The number of fused-ring (bicyclic) bond motifs is 4. The Hall–Kier alpha value is -1.84. The van der Waals surface area contributed by atoms with Crippen LogP contribution in [-0.2, 0) is 6.54 Å². The van der Waals surface area contributed by atoms with Gasteiger partial charge < -0.3 is 9.47 Å². The van der Waals surface area contributed by atoms with Crippen LogP contribution in [0.2, 0.25) is 0 Å². The van der Waals surface area contributed by atoms with E-state index in [-0.39, 0.29) is 5.91 Å². The lowest BCUT2D eigenvalue weighted by molar-refractivity contribution is 0.0672. The Morgan fingerprint density at radius 3 is 3.29 bits per heavy atom. The summed E-state index contributed by atoms with van der Waals surface area (Å²) in [4.78, 5) is 18.7. The third-order valence-corrected chi connectivity index (χ3v) is 3.92. The summed E-state index contributed by atoms with van der Waals surface area (Å²) >= 11 is 0. The molecule has 0 aromatic carbocycles. The van der Waals surface area contributed by atoms with Gasteiger partial charge in [-0.25, -0.2) is 0 Å². The summed E-state index contributed by atoms with van der Waals surface area (Å²) in [6, 6.07) is 6.29. The Bertz CT molecular complexity index is 616. The van der Waals surface area contributed by atoms with Gasteiger partial charge in [-0.2, -0.15) is 0 Å². The van der Waals surface area contributed by atoms with Crippen LogP contribution in [0, 0.1) is 0 Å². The minimum atomic E-state index is 0.178. The van der Waals surface area contributed by atoms with Crippen LogP contribution in [0.1, 0.15) is 23.3 Å². The van der Waals surface area contributed by atoms with Crippen LogP contribution in [0.5, 0.6) is 0 Å². The van der Waals surface area contributed by atoms with Crippen molar-refractivity contribution >= 4 is 16.9 Å². The molecule has 2 aliphatic heterocycles. The lowest BCUT2D eigenvalue weighted by Crippen LogP contribution is -2.43. The Balaban J connectivity index is 1.96. The van der Waals surface area contributed by atoms with E-state index in [1.807, 2.05) is 23.1 Å². The van der Waals surface area contributed by atoms with E-state index in [4.69, 9.17) is 0 Å². The van der Waals surface area contributed by atoms with Gasteiger partial charge in [0.15, 0.2) is 0 Å². The molecule has 1 atom stereocenters. The minimum absolute atomic E-state index is 0.178. The number of nitrogens with zero attached hydrogens (tertiary/aromatic N) is 3. The molecule has 0 radical (unpaired) electrons. The van der Waals surface area contributed by atoms with Crippen molar-refractivity contribution in [3.8, 4) is 0 Å². The molecule has 86 valence electrons. The molecule has 2 aromatic rings. The highest BCUT2D eigenvalue weighted by Gasteiger charge is 2.36. The van der Waals surface area contributed by atoms with E-state index in [0.29, 0.717) is 6.04 Å². The third kappa shape index (κ3) is 1.12. The molecule has 0 bridgehead atoms. The van der Waals surface area contributed by atoms with Gasteiger partial charge in [-0.1, -0.05) is 0 Å². The lowest BCUT2D eigenvalue weighted by atomic mass is 10.1. The van der Waals surface area contributed by atoms with Crippen molar-refractivity contribution in [3.05, 3.63) is 30.1 Å². The number of aromatic nitrogens is 2. The number of rotatable bonds is 0. The van der Waals surface area contributed by atoms with E-state index >= 15 is 0 Å². The SMILES string of the molecule is O=C1c2cc3ncccc3n2C[C@H]2CCCN12. The molecule has 0 unspecified atom stereocenters. The maximum atomic E-state index is 12.3. The van der Waals surface area contributed by atoms with Crippen molar-refractivity contribution in [1.82, 2.24) is 14.5 Å². The molecule has 1 saturated heterocycles. The second kappa shape index (κ2) is 3.09. The number of hydrogen-bond acceptors (Lipinski definition) is 2. The fourth-order valence-corrected chi connectivity index (χ4v) is 3.11. The molecule has 1 fully saturated rings. The molecular weight excluding hydrogens is 214 g/mol. The quantitative estimate of drug-likeness (QED) is 0.686. The van der Waals surface area contributed by atoms with Gasteiger partial charge in [0.25, 0.3) is 5.91 Å². The highest BCUT2D eigenvalue weighted by atomic mass is 16.2. The van der Waals surface area contributed by atoms with Gasteiger partial charge in [-0.05, 0) is 31.0 Å². The molecule has 2 aromatic heterocycles. The zero-order valence-electron chi connectivity index (χ0n) is 9.47. The van der Waals surface area contributed by atoms with Crippen molar-refractivity contribution < 1.29 is 4.79 Å². The van der Waals surface area contributed by atoms with Crippen molar-refractivity contribution in [2.45, 2.75) is 25.4 Å². The maximum Gasteiger partial charge on any atom is 0.270 e. The van der Waals surface area contributed by atoms with Crippen LogP contribution in [0.4, 0.5) is 0 Å². The van der Waals surface area contributed by atoms with Gasteiger partial charge in [0.1, 0.15) is 5.69 Å². The van der Waals surface area contributed by atoms with Crippen molar-refractivity contribution in [3.63, 3.8) is 0 Å². The Labute approximate surface area is 98.9 Å². The second-order valence-electron chi connectivity index (χ2n) is 4.84. The van der Waals surface area contributed by atoms with E-state index in [0.717, 1.165) is 42.7 Å². The van der Waals surface area contributed by atoms with Crippen LogP contribution in [0.15, 0.2) is 24.4 Å². The van der Waals surface area contributed by atoms with Crippen LogP contribution >= 0.6 is 0 Å². The molecule has 0 spiro atoms. The summed E-state index contributed by atoms with van der Waals surface area (Å²) in [5.74, 6) is 0.178. The molecule has 0 saturated carbocycles. The Kier molecular flexibility index (Phi) is 1.68. The fourth-order valence-electron chi connectivity index (χ4n) is 3.11. The molecular formula is C13H13N3O. The summed E-state index contributed by atoms with van der Waals surface area (Å²) in [6.45, 7) is 1.84. The van der Waals surface area contributed by atoms with E-state index in [2.05, 4.69) is 9.55 Å². The number of carbonyl (C=O) groups is 1. The summed E-state index contributed by atoms with van der Waals surface area (Å²) in [5, 5.41) is 0. The zero-order chi connectivity index (χ0) is 11.4. The van der Waals surface area contributed by atoms with E-state index in [1.165, 1.54) is 0 Å². The molecule has 1 amide bonds. The van der Waals surface area contributed by atoms with Gasteiger partial charge in [0.05, 0.1) is 17.1 Å². The first-order chi connectivity index (χ1) is 8.34. The standard InChI is InChI=1S/C13H13N3O/c17-13-12-7-10-11(4-1-5-14-10)16(12)8-9-3-2-6-15(9)13/h1,4-5,7,9H,2-3,6,8H2/t9-/m1/s1. The summed E-state index contributed by atoms with van der Waals surface area (Å²) in [7, 11) is 0. The predicted molar refractivity (Wildman–Crippen MR) is 63.8 cm³/mol. The van der Waals surface area contributed by atoms with Crippen LogP contribution in [0.25, 0.3) is 11.0 Å². The zero-order valence-corrected chi connectivity index (χ0v) is 9.47. The van der Waals surface area contributed by atoms with E-state index in [9.17, 15) is 4.79 Å². The highest BCUT2D eigenvalue weighted by molar-refractivity contribution is 5.98. The first kappa shape index (κ1) is 9.22. The fraction of sp³-hybridized carbons (Fsp3) is 0.385. The smallest absolute Gasteiger partial charge is 0.270 e. The normalized spacial score (nSPS) is 22.9. The average Bonchev–Trinajstić information content (AvgIpc) is 2.94. The summed E-state index contributed by atoms with van der Waals surface area (Å²) in [5.41, 5.74) is 2.82. The van der Waals surface area contributed by atoms with Gasteiger partial charge in [-0.3, -0.25) is 9.78 Å². The number of amides is 1. The van der Waals surface area contributed by atoms with E-state index < -0.39 is 0 Å². The van der Waals surface area contributed by atoms with Gasteiger partial charge >= 0.3 is 0 Å².